The van der Waals surface area contributed by atoms with Gasteiger partial charge in [0.05, 0.1) is 23.8 Å². The fourth-order valence-corrected chi connectivity index (χ4v) is 4.56. The van der Waals surface area contributed by atoms with Crippen molar-refractivity contribution in [1.82, 2.24) is 14.6 Å². The van der Waals surface area contributed by atoms with Gasteiger partial charge in [0, 0.05) is 5.69 Å². The van der Waals surface area contributed by atoms with Crippen LogP contribution in [0.3, 0.4) is 0 Å². The maximum absolute atomic E-state index is 13.5. The predicted molar refractivity (Wildman–Crippen MR) is 115 cm³/mol. The van der Waals surface area contributed by atoms with E-state index >= 15 is 0 Å². The Balaban J connectivity index is 2.09. The highest BCUT2D eigenvalue weighted by Gasteiger charge is 2.36. The summed E-state index contributed by atoms with van der Waals surface area (Å²) < 4.78 is 50.5. The number of alkyl halides is 3. The first kappa shape index (κ1) is 24.6. The third-order valence-electron chi connectivity index (χ3n) is 4.39. The van der Waals surface area contributed by atoms with Gasteiger partial charge < -0.3 is 14.8 Å². The van der Waals surface area contributed by atoms with Crippen molar-refractivity contribution in [3.8, 4) is 0 Å². The molecule has 3 rings (SSSR count). The lowest BCUT2D eigenvalue weighted by Gasteiger charge is -2.09. The monoisotopic (exact) mass is 548 g/mol. The summed E-state index contributed by atoms with van der Waals surface area (Å²) in [6, 6.07) is 0.803. The molecule has 0 radical (unpaired) electrons. The van der Waals surface area contributed by atoms with Crippen molar-refractivity contribution in [2.24, 2.45) is 0 Å². The number of methoxy groups -OCH3 is 1. The first-order valence-corrected chi connectivity index (χ1v) is 10.8. The zero-order valence-electron chi connectivity index (χ0n) is 17.6. The number of carbonyl (C=O) groups is 3. The molecule has 176 valence electrons. The van der Waals surface area contributed by atoms with Gasteiger partial charge >= 0.3 is 18.1 Å². The molecule has 1 amide bonds. The molecule has 0 aliphatic heterocycles. The number of thiophene rings is 1. The fourth-order valence-electron chi connectivity index (χ4n) is 2.96. The Morgan fingerprint density at radius 3 is 2.48 bits per heavy atom. The molecule has 0 aliphatic carbocycles. The van der Waals surface area contributed by atoms with Gasteiger partial charge in [0.2, 0.25) is 0 Å². The molecule has 0 saturated carbocycles. The minimum atomic E-state index is -4.75. The van der Waals surface area contributed by atoms with Crippen molar-refractivity contribution < 1.29 is 37.0 Å². The molecule has 3 aromatic rings. The lowest BCUT2D eigenvalue weighted by molar-refractivity contribution is -0.142. The number of anilines is 1. The van der Waals surface area contributed by atoms with Crippen LogP contribution in [-0.2, 0) is 15.7 Å². The molecular formula is C19H16BrF3N4O5S. The van der Waals surface area contributed by atoms with Crippen LogP contribution >= 0.6 is 27.3 Å². The molecule has 0 aromatic carbocycles. The second-order valence-corrected chi connectivity index (χ2v) is 8.42. The maximum Gasteiger partial charge on any atom is 0.433 e. The lowest BCUT2D eigenvalue weighted by atomic mass is 10.1. The largest absolute Gasteiger partial charge is 0.465 e. The van der Waals surface area contributed by atoms with Gasteiger partial charge in [-0.15, -0.1) is 11.3 Å². The SMILES string of the molecule is CCOC(=O)c1sc(NC(=O)c2nn3c(C(F)(F)F)cc(C)nc3c2Br)c(C(=O)OC)c1C. The summed E-state index contributed by atoms with van der Waals surface area (Å²) in [5.74, 6) is -2.45. The fraction of sp³-hybridized carbons (Fsp3) is 0.316. The van der Waals surface area contributed by atoms with Crippen molar-refractivity contribution >= 4 is 55.8 Å². The van der Waals surface area contributed by atoms with E-state index in [0.29, 0.717) is 4.52 Å². The van der Waals surface area contributed by atoms with Crippen LogP contribution in [0.1, 0.15) is 54.4 Å². The quantitative estimate of drug-likeness (QED) is 0.470. The summed E-state index contributed by atoms with van der Waals surface area (Å²) >= 11 is 3.86. The Morgan fingerprint density at radius 1 is 1.24 bits per heavy atom. The van der Waals surface area contributed by atoms with E-state index in [1.807, 2.05) is 0 Å². The van der Waals surface area contributed by atoms with E-state index in [0.717, 1.165) is 24.5 Å². The normalized spacial score (nSPS) is 11.5. The molecule has 33 heavy (non-hydrogen) atoms. The molecular weight excluding hydrogens is 533 g/mol. The second-order valence-electron chi connectivity index (χ2n) is 6.61. The minimum absolute atomic E-state index is 0.0449. The number of halogens is 4. The summed E-state index contributed by atoms with van der Waals surface area (Å²) in [7, 11) is 1.13. The summed E-state index contributed by atoms with van der Waals surface area (Å²) in [4.78, 5) is 41.5. The van der Waals surface area contributed by atoms with Gasteiger partial charge in [-0.2, -0.15) is 18.3 Å². The molecule has 0 spiro atoms. The molecule has 14 heteroatoms. The number of nitrogens with zero attached hydrogens (tertiary/aromatic N) is 3. The van der Waals surface area contributed by atoms with Gasteiger partial charge in [-0.05, 0) is 48.3 Å². The number of hydrogen-bond acceptors (Lipinski definition) is 8. The molecule has 0 fully saturated rings. The average molecular weight is 549 g/mol. The molecule has 1 N–H and O–H groups in total. The second kappa shape index (κ2) is 9.09. The highest BCUT2D eigenvalue weighted by Crippen LogP contribution is 2.36. The number of hydrogen-bond donors (Lipinski definition) is 1. The molecule has 0 aliphatic rings. The first-order valence-electron chi connectivity index (χ1n) is 9.23. The summed E-state index contributed by atoms with van der Waals surface area (Å²) in [6.07, 6.45) is -4.75. The standard InChI is InChI=1S/C19H16BrF3N4O5S/c1-5-32-18(30)13-8(3)10(17(29)31-4)16(33-13)25-15(28)12-11(20)14-24-7(2)6-9(19(21,22)23)27(14)26-12/h6H,5H2,1-4H3,(H,25,28). The highest BCUT2D eigenvalue weighted by atomic mass is 79.9. The number of carbonyl (C=O) groups excluding carboxylic acids is 3. The Bertz CT molecular complexity index is 1280. The Morgan fingerprint density at radius 2 is 1.91 bits per heavy atom. The van der Waals surface area contributed by atoms with E-state index < -0.39 is 35.4 Å². The Labute approximate surface area is 197 Å². The number of fused-ring (bicyclic) bond motifs is 1. The number of aromatic nitrogens is 3. The van der Waals surface area contributed by atoms with Crippen LogP contribution in [0, 0.1) is 13.8 Å². The van der Waals surface area contributed by atoms with E-state index in [-0.39, 0.29) is 43.4 Å². The third kappa shape index (κ3) is 4.57. The zero-order valence-corrected chi connectivity index (χ0v) is 20.0. The molecule has 3 heterocycles. The van der Waals surface area contributed by atoms with E-state index in [1.54, 1.807) is 6.92 Å². The van der Waals surface area contributed by atoms with E-state index in [2.05, 4.69) is 31.3 Å². The lowest BCUT2D eigenvalue weighted by Crippen LogP contribution is -2.16. The number of esters is 2. The van der Waals surface area contributed by atoms with Crippen LogP contribution in [0.15, 0.2) is 10.5 Å². The number of rotatable bonds is 5. The smallest absolute Gasteiger partial charge is 0.433 e. The van der Waals surface area contributed by atoms with E-state index in [4.69, 9.17) is 9.47 Å². The van der Waals surface area contributed by atoms with Crippen molar-refractivity contribution in [1.29, 1.82) is 0 Å². The summed E-state index contributed by atoms with van der Waals surface area (Å²) in [5, 5.41) is 6.16. The average Bonchev–Trinajstić information content (AvgIpc) is 3.23. The zero-order chi connectivity index (χ0) is 24.7. The van der Waals surface area contributed by atoms with Crippen LogP contribution in [0.5, 0.6) is 0 Å². The summed E-state index contributed by atoms with van der Waals surface area (Å²) in [6.45, 7) is 4.56. The van der Waals surface area contributed by atoms with Crippen LogP contribution in [0.2, 0.25) is 0 Å². The van der Waals surface area contributed by atoms with E-state index in [9.17, 15) is 27.6 Å². The van der Waals surface area contributed by atoms with Crippen LogP contribution in [-0.4, -0.2) is 46.2 Å². The molecule has 0 atom stereocenters. The molecule has 0 unspecified atom stereocenters. The minimum Gasteiger partial charge on any atom is -0.465 e. The number of ether oxygens (including phenoxy) is 2. The Hall–Kier alpha value is -3.00. The molecule has 3 aromatic heterocycles. The number of nitrogens with one attached hydrogen (secondary N) is 1. The topological polar surface area (TPSA) is 112 Å². The molecule has 0 bridgehead atoms. The third-order valence-corrected chi connectivity index (χ3v) is 6.31. The predicted octanol–water partition coefficient (Wildman–Crippen LogP) is 4.40. The number of aryl methyl sites for hydroxylation is 1. The first-order chi connectivity index (χ1) is 15.4. The Kier molecular flexibility index (Phi) is 6.79. The van der Waals surface area contributed by atoms with Gasteiger partial charge in [0.15, 0.2) is 11.3 Å². The summed E-state index contributed by atoms with van der Waals surface area (Å²) in [5.41, 5.74) is -1.51. The van der Waals surface area contributed by atoms with Crippen LogP contribution < -0.4 is 5.32 Å². The van der Waals surface area contributed by atoms with Crippen LogP contribution in [0.4, 0.5) is 18.2 Å². The van der Waals surface area contributed by atoms with Gasteiger partial charge in [0.25, 0.3) is 5.91 Å². The molecule has 9 nitrogen and oxygen atoms in total. The van der Waals surface area contributed by atoms with Crippen molar-refractivity contribution in [2.45, 2.75) is 26.9 Å². The van der Waals surface area contributed by atoms with Crippen molar-refractivity contribution in [3.05, 3.63) is 43.6 Å². The van der Waals surface area contributed by atoms with E-state index in [1.165, 1.54) is 13.8 Å². The maximum atomic E-state index is 13.5. The number of amides is 1. The van der Waals surface area contributed by atoms with Gasteiger partial charge in [-0.3, -0.25) is 4.79 Å². The van der Waals surface area contributed by atoms with Gasteiger partial charge in [0.1, 0.15) is 15.6 Å². The highest BCUT2D eigenvalue weighted by molar-refractivity contribution is 9.10. The van der Waals surface area contributed by atoms with Gasteiger partial charge in [-0.1, -0.05) is 0 Å². The van der Waals surface area contributed by atoms with Crippen molar-refractivity contribution in [2.75, 3.05) is 19.0 Å². The van der Waals surface area contributed by atoms with Crippen molar-refractivity contribution in [3.63, 3.8) is 0 Å². The van der Waals surface area contributed by atoms with Crippen LogP contribution in [0.25, 0.3) is 5.65 Å². The van der Waals surface area contributed by atoms with Gasteiger partial charge in [-0.25, -0.2) is 19.1 Å². The molecule has 0 saturated heterocycles.